The van der Waals surface area contributed by atoms with Crippen LogP contribution in [0.4, 0.5) is 39.5 Å². The summed E-state index contributed by atoms with van der Waals surface area (Å²) in [4.78, 5) is 0. The number of rotatable bonds is 1. The Morgan fingerprint density at radius 1 is 0.720 bits per heavy atom. The molecule has 0 saturated heterocycles. The fourth-order valence-corrected chi connectivity index (χ4v) is 2.17. The molecule has 1 aliphatic rings. The van der Waals surface area contributed by atoms with Crippen LogP contribution in [0.2, 0.25) is 0 Å². The third kappa shape index (κ3) is 2.51. The maximum atomic E-state index is 13.9. The fraction of sp³-hybridized carbons (Fsp3) is 0.0769. The van der Waals surface area contributed by atoms with E-state index in [-0.39, 0.29) is 6.07 Å². The maximum absolute atomic E-state index is 13.9. The van der Waals surface area contributed by atoms with Gasteiger partial charge in [-0.05, 0) is 0 Å². The highest BCUT2D eigenvalue weighted by molar-refractivity contribution is 6.62. The largest absolute Gasteiger partial charge is 0.571 e. The van der Waals surface area contributed by atoms with Gasteiger partial charge in [0.2, 0.25) is 6.36 Å². The highest BCUT2D eigenvalue weighted by Gasteiger charge is 2.44. The zero-order valence-electron chi connectivity index (χ0n) is 11.5. The van der Waals surface area contributed by atoms with E-state index in [1.165, 1.54) is 0 Å². The van der Waals surface area contributed by atoms with Gasteiger partial charge in [-0.15, -0.1) is 0 Å². The van der Waals surface area contributed by atoms with Crippen molar-refractivity contribution in [2.75, 3.05) is 0 Å². The van der Waals surface area contributed by atoms with Crippen LogP contribution in [-0.2, 0) is 4.65 Å². The molecule has 1 heterocycles. The van der Waals surface area contributed by atoms with Crippen molar-refractivity contribution in [1.82, 2.24) is 0 Å². The van der Waals surface area contributed by atoms with Crippen LogP contribution in [0.15, 0.2) is 6.07 Å². The Hall–Kier alpha value is -2.37. The molecule has 0 saturated carbocycles. The van der Waals surface area contributed by atoms with E-state index in [0.717, 1.165) is 0 Å². The summed E-state index contributed by atoms with van der Waals surface area (Å²) in [5, 5.41) is 0. The molecule has 0 N–H and O–H groups in total. The average molecular weight is 372 g/mol. The van der Waals surface area contributed by atoms with Crippen LogP contribution in [0.25, 0.3) is 0 Å². The van der Waals surface area contributed by atoms with Crippen LogP contribution in [0.5, 0.6) is 5.75 Å². The SMILES string of the molecule is Fc1cc2c(c(F)c1F)C(F)OB(c1c(F)c(F)c(F)c(F)c1F)O2. The van der Waals surface area contributed by atoms with Gasteiger partial charge < -0.3 is 9.31 Å². The highest BCUT2D eigenvalue weighted by Crippen LogP contribution is 2.38. The Kier molecular flexibility index (Phi) is 4.09. The van der Waals surface area contributed by atoms with Crippen LogP contribution in [-0.4, -0.2) is 7.12 Å². The minimum Gasteiger partial charge on any atom is -0.532 e. The van der Waals surface area contributed by atoms with Crippen molar-refractivity contribution in [2.24, 2.45) is 0 Å². The highest BCUT2D eigenvalue weighted by atomic mass is 19.2. The zero-order valence-corrected chi connectivity index (χ0v) is 11.5. The van der Waals surface area contributed by atoms with Crippen LogP contribution in [0.3, 0.4) is 0 Å². The first-order valence-electron chi connectivity index (χ1n) is 6.30. The summed E-state index contributed by atoms with van der Waals surface area (Å²) in [6.07, 6.45) is -2.93. The van der Waals surface area contributed by atoms with E-state index in [2.05, 4.69) is 9.31 Å². The summed E-state index contributed by atoms with van der Waals surface area (Å²) < 4.78 is 129. The molecule has 12 heteroatoms. The summed E-state index contributed by atoms with van der Waals surface area (Å²) >= 11 is 0. The molecule has 25 heavy (non-hydrogen) atoms. The van der Waals surface area contributed by atoms with Crippen molar-refractivity contribution in [2.45, 2.75) is 6.36 Å². The van der Waals surface area contributed by atoms with Gasteiger partial charge in [-0.2, -0.15) is 0 Å². The van der Waals surface area contributed by atoms with Crippen molar-refractivity contribution in [3.05, 3.63) is 58.2 Å². The van der Waals surface area contributed by atoms with Crippen LogP contribution in [0, 0.1) is 46.5 Å². The predicted molar refractivity (Wildman–Crippen MR) is 63.5 cm³/mol. The lowest BCUT2D eigenvalue weighted by Crippen LogP contribution is -2.48. The molecule has 0 aliphatic carbocycles. The van der Waals surface area contributed by atoms with Gasteiger partial charge in [0.25, 0.3) is 0 Å². The normalized spacial score (nSPS) is 16.7. The average Bonchev–Trinajstić information content (AvgIpc) is 2.56. The molecule has 0 aromatic heterocycles. The van der Waals surface area contributed by atoms with Crippen molar-refractivity contribution in [3.63, 3.8) is 0 Å². The minimum atomic E-state index is -2.93. The van der Waals surface area contributed by atoms with Crippen molar-refractivity contribution in [1.29, 1.82) is 0 Å². The quantitative estimate of drug-likeness (QED) is 0.330. The minimum absolute atomic E-state index is 0.141. The van der Waals surface area contributed by atoms with E-state index in [1.807, 2.05) is 0 Å². The van der Waals surface area contributed by atoms with Crippen molar-refractivity contribution in [3.8, 4) is 5.75 Å². The zero-order chi connectivity index (χ0) is 18.6. The van der Waals surface area contributed by atoms with E-state index in [9.17, 15) is 39.5 Å². The van der Waals surface area contributed by atoms with Crippen molar-refractivity contribution < 1.29 is 48.8 Å². The summed E-state index contributed by atoms with van der Waals surface area (Å²) in [5.41, 5.74) is -2.98. The lowest BCUT2D eigenvalue weighted by Gasteiger charge is -2.27. The standard InChI is InChI=1S/C13H2BF9O2/c15-2-1-3-4(7(17)6(2)16)13(23)25-14(24-3)5-8(18)10(20)12(22)11(21)9(5)19/h1,13H. The predicted octanol–water partition coefficient (Wildman–Crippen LogP) is 3.57. The Morgan fingerprint density at radius 3 is 1.80 bits per heavy atom. The number of alkyl halides is 1. The number of hydrogen-bond acceptors (Lipinski definition) is 2. The molecular weight excluding hydrogens is 370 g/mol. The smallest absolute Gasteiger partial charge is 0.532 e. The van der Waals surface area contributed by atoms with Gasteiger partial charge in [0.1, 0.15) is 5.75 Å². The van der Waals surface area contributed by atoms with E-state index >= 15 is 0 Å². The number of hydrogen-bond donors (Lipinski definition) is 0. The third-order valence-corrected chi connectivity index (χ3v) is 3.35. The molecule has 2 nitrogen and oxygen atoms in total. The Morgan fingerprint density at radius 2 is 1.24 bits per heavy atom. The van der Waals surface area contributed by atoms with E-state index < -0.39 is 76.8 Å². The van der Waals surface area contributed by atoms with Crippen LogP contribution < -0.4 is 10.1 Å². The van der Waals surface area contributed by atoms with Gasteiger partial charge in [0, 0.05) is 6.07 Å². The molecule has 2 aromatic carbocycles. The molecule has 132 valence electrons. The molecule has 3 rings (SSSR count). The fourth-order valence-electron chi connectivity index (χ4n) is 2.17. The van der Waals surface area contributed by atoms with Crippen LogP contribution in [0.1, 0.15) is 11.9 Å². The van der Waals surface area contributed by atoms with Gasteiger partial charge in [-0.3, -0.25) is 0 Å². The molecule has 0 fully saturated rings. The van der Waals surface area contributed by atoms with Gasteiger partial charge in [0.05, 0.1) is 11.0 Å². The summed E-state index contributed by atoms with van der Waals surface area (Å²) in [7, 11) is -2.57. The van der Waals surface area contributed by atoms with E-state index in [0.29, 0.717) is 0 Å². The lowest BCUT2D eigenvalue weighted by molar-refractivity contribution is 0.0322. The molecule has 0 amide bonds. The first-order chi connectivity index (χ1) is 11.6. The Labute approximate surface area is 132 Å². The number of halogens is 9. The lowest BCUT2D eigenvalue weighted by atomic mass is 9.76. The molecule has 1 atom stereocenters. The summed E-state index contributed by atoms with van der Waals surface area (Å²) in [5.74, 6) is -19.0. The first-order valence-corrected chi connectivity index (χ1v) is 6.30. The van der Waals surface area contributed by atoms with E-state index in [1.54, 1.807) is 0 Å². The second-order valence-corrected chi connectivity index (χ2v) is 4.78. The topological polar surface area (TPSA) is 18.5 Å². The van der Waals surface area contributed by atoms with Crippen molar-refractivity contribution >= 4 is 12.6 Å². The Balaban J connectivity index is 2.15. The van der Waals surface area contributed by atoms with Crippen LogP contribution >= 0.6 is 0 Å². The molecule has 0 radical (unpaired) electrons. The van der Waals surface area contributed by atoms with E-state index in [4.69, 9.17) is 0 Å². The first kappa shape index (κ1) is 17.5. The van der Waals surface area contributed by atoms with Gasteiger partial charge in [0.15, 0.2) is 46.5 Å². The summed E-state index contributed by atoms with van der Waals surface area (Å²) in [6, 6.07) is 0.141. The van der Waals surface area contributed by atoms with Gasteiger partial charge in [-0.1, -0.05) is 0 Å². The molecule has 2 aromatic rings. The van der Waals surface area contributed by atoms with Gasteiger partial charge >= 0.3 is 7.12 Å². The second-order valence-electron chi connectivity index (χ2n) is 4.78. The Bertz CT molecular complexity index is 860. The second kappa shape index (κ2) is 5.86. The molecule has 1 unspecified atom stereocenters. The monoisotopic (exact) mass is 372 g/mol. The molecule has 0 bridgehead atoms. The molecule has 0 spiro atoms. The van der Waals surface area contributed by atoms with Gasteiger partial charge in [-0.25, -0.2) is 39.5 Å². The summed E-state index contributed by atoms with van der Waals surface area (Å²) in [6.45, 7) is 0. The number of benzene rings is 2. The third-order valence-electron chi connectivity index (χ3n) is 3.35. The maximum Gasteiger partial charge on any atom is 0.571 e. The molecule has 1 aliphatic heterocycles. The molecular formula is C13H2BF9O2. The number of fused-ring (bicyclic) bond motifs is 1.